The van der Waals surface area contributed by atoms with E-state index in [0.717, 1.165) is 43.5 Å². The average molecular weight is 297 g/mol. The number of aromatic nitrogens is 1. The van der Waals surface area contributed by atoms with Crippen molar-refractivity contribution in [3.63, 3.8) is 0 Å². The molecule has 1 aromatic rings. The van der Waals surface area contributed by atoms with Crippen molar-refractivity contribution >= 4 is 17.8 Å². The fourth-order valence-electron chi connectivity index (χ4n) is 2.09. The molecular formula is C15H27N3OS. The van der Waals surface area contributed by atoms with Crippen LogP contribution in [0.1, 0.15) is 46.7 Å². The Morgan fingerprint density at radius 2 is 2.15 bits per heavy atom. The number of hydrogen-bond acceptors (Lipinski definition) is 5. The van der Waals surface area contributed by atoms with Crippen LogP contribution in [0.5, 0.6) is 0 Å². The maximum absolute atomic E-state index is 5.66. The molecule has 0 radical (unpaired) electrons. The first kappa shape index (κ1) is 15.7. The van der Waals surface area contributed by atoms with Crippen LogP contribution < -0.4 is 10.2 Å². The molecule has 0 spiro atoms. The first-order chi connectivity index (χ1) is 9.25. The summed E-state index contributed by atoms with van der Waals surface area (Å²) in [5.41, 5.74) is 1.08. The lowest BCUT2D eigenvalue weighted by molar-refractivity contribution is 0.421. The van der Waals surface area contributed by atoms with Gasteiger partial charge in [-0.2, -0.15) is 16.7 Å². The number of thioether (sulfide) groups is 1. The van der Waals surface area contributed by atoms with E-state index >= 15 is 0 Å². The molecule has 2 heterocycles. The number of anilines is 1. The molecule has 1 fully saturated rings. The quantitative estimate of drug-likeness (QED) is 0.927. The lowest BCUT2D eigenvalue weighted by atomic mass is 10.1. The smallest absolute Gasteiger partial charge is 0.297 e. The first-order valence-electron chi connectivity index (χ1n) is 7.34. The van der Waals surface area contributed by atoms with Gasteiger partial charge in [0.05, 0.1) is 5.69 Å². The van der Waals surface area contributed by atoms with E-state index in [1.165, 1.54) is 0 Å². The van der Waals surface area contributed by atoms with Gasteiger partial charge in [0.2, 0.25) is 0 Å². The number of rotatable bonds is 3. The third-order valence-corrected chi connectivity index (χ3v) is 4.82. The summed E-state index contributed by atoms with van der Waals surface area (Å²) in [7, 11) is 0. The van der Waals surface area contributed by atoms with Crippen LogP contribution in [0.3, 0.4) is 0 Å². The molecule has 0 aromatic carbocycles. The zero-order chi connectivity index (χ0) is 14.8. The predicted molar refractivity (Wildman–Crippen MR) is 86.5 cm³/mol. The van der Waals surface area contributed by atoms with Crippen LogP contribution in [0.15, 0.2) is 10.7 Å². The van der Waals surface area contributed by atoms with Crippen LogP contribution in [0.2, 0.25) is 0 Å². The van der Waals surface area contributed by atoms with Gasteiger partial charge in [-0.15, -0.1) is 0 Å². The van der Waals surface area contributed by atoms with Gasteiger partial charge in [-0.05, 0) is 27.2 Å². The molecule has 1 aliphatic rings. The summed E-state index contributed by atoms with van der Waals surface area (Å²) in [5, 5.41) is 3.43. The highest BCUT2D eigenvalue weighted by molar-refractivity contribution is 8.00. The summed E-state index contributed by atoms with van der Waals surface area (Å²) in [6, 6.07) is 0.772. The fourth-order valence-corrected chi connectivity index (χ4v) is 3.19. The SMILES string of the molecule is CC(C)(C)NCc1coc(N2CCSC(C)(C)CC2)n1. The molecule has 0 unspecified atom stereocenters. The monoisotopic (exact) mass is 297 g/mol. The van der Waals surface area contributed by atoms with E-state index in [1.54, 1.807) is 6.26 Å². The van der Waals surface area contributed by atoms with Gasteiger partial charge in [-0.1, -0.05) is 13.8 Å². The molecule has 1 aromatic heterocycles. The molecule has 0 bridgehead atoms. The van der Waals surface area contributed by atoms with E-state index in [9.17, 15) is 0 Å². The highest BCUT2D eigenvalue weighted by Crippen LogP contribution is 2.32. The Hall–Kier alpha value is -0.680. The van der Waals surface area contributed by atoms with Gasteiger partial charge in [0.25, 0.3) is 6.01 Å². The Labute approximate surface area is 126 Å². The van der Waals surface area contributed by atoms with E-state index in [2.05, 4.69) is 49.8 Å². The van der Waals surface area contributed by atoms with Crippen LogP contribution >= 0.6 is 11.8 Å². The first-order valence-corrected chi connectivity index (χ1v) is 8.32. The molecule has 1 aliphatic heterocycles. The molecule has 2 rings (SSSR count). The van der Waals surface area contributed by atoms with Crippen molar-refractivity contribution in [3.8, 4) is 0 Å². The largest absolute Gasteiger partial charge is 0.432 e. The molecule has 1 N–H and O–H groups in total. The molecular weight excluding hydrogens is 270 g/mol. The van der Waals surface area contributed by atoms with Gasteiger partial charge in [0.1, 0.15) is 6.26 Å². The molecule has 1 saturated heterocycles. The van der Waals surface area contributed by atoms with E-state index in [-0.39, 0.29) is 5.54 Å². The van der Waals surface area contributed by atoms with Gasteiger partial charge in [0, 0.05) is 35.7 Å². The van der Waals surface area contributed by atoms with Crippen LogP contribution in [0.4, 0.5) is 6.01 Å². The highest BCUT2D eigenvalue weighted by atomic mass is 32.2. The Morgan fingerprint density at radius 1 is 1.40 bits per heavy atom. The summed E-state index contributed by atoms with van der Waals surface area (Å²) >= 11 is 2.04. The van der Waals surface area contributed by atoms with Crippen LogP contribution in [-0.4, -0.2) is 34.1 Å². The van der Waals surface area contributed by atoms with E-state index in [0.29, 0.717) is 4.75 Å². The van der Waals surface area contributed by atoms with Crippen molar-refractivity contribution in [3.05, 3.63) is 12.0 Å². The lowest BCUT2D eigenvalue weighted by Crippen LogP contribution is -2.35. The molecule has 5 heteroatoms. The molecule has 20 heavy (non-hydrogen) atoms. The average Bonchev–Trinajstić information content (AvgIpc) is 2.71. The van der Waals surface area contributed by atoms with Crippen molar-refractivity contribution in [2.45, 2.75) is 57.9 Å². The van der Waals surface area contributed by atoms with Crippen molar-refractivity contribution < 1.29 is 4.42 Å². The third kappa shape index (κ3) is 4.70. The second kappa shape index (κ2) is 5.98. The summed E-state index contributed by atoms with van der Waals surface area (Å²) in [6.45, 7) is 13.9. The molecule has 0 aliphatic carbocycles. The predicted octanol–water partition coefficient (Wildman–Crippen LogP) is 3.28. The lowest BCUT2D eigenvalue weighted by Gasteiger charge is -2.21. The zero-order valence-corrected chi connectivity index (χ0v) is 14.1. The minimum absolute atomic E-state index is 0.0996. The van der Waals surface area contributed by atoms with E-state index in [1.807, 2.05) is 11.8 Å². The molecule has 0 atom stereocenters. The number of nitrogens with one attached hydrogen (secondary N) is 1. The Balaban J connectivity index is 1.95. The number of nitrogens with zero attached hydrogens (tertiary/aromatic N) is 2. The second-order valence-corrected chi connectivity index (χ2v) is 8.87. The third-order valence-electron chi connectivity index (χ3n) is 3.45. The minimum atomic E-state index is 0.0996. The number of hydrogen-bond donors (Lipinski definition) is 1. The van der Waals surface area contributed by atoms with E-state index in [4.69, 9.17) is 4.42 Å². The minimum Gasteiger partial charge on any atom is -0.432 e. The van der Waals surface area contributed by atoms with Crippen molar-refractivity contribution in [2.24, 2.45) is 0 Å². The highest BCUT2D eigenvalue weighted by Gasteiger charge is 2.25. The van der Waals surface area contributed by atoms with E-state index < -0.39 is 0 Å². The van der Waals surface area contributed by atoms with Gasteiger partial charge >= 0.3 is 0 Å². The standard InChI is InChI=1S/C15H27N3OS/c1-14(2,3)16-10-12-11-19-13(17-12)18-7-6-15(4,5)20-9-8-18/h11,16H,6-10H2,1-5H3. The molecule has 114 valence electrons. The van der Waals surface area contributed by atoms with Gasteiger partial charge in [-0.25, -0.2) is 0 Å². The Morgan fingerprint density at radius 3 is 2.85 bits per heavy atom. The van der Waals surface area contributed by atoms with Crippen molar-refractivity contribution in [1.29, 1.82) is 0 Å². The molecule has 4 nitrogen and oxygen atoms in total. The summed E-state index contributed by atoms with van der Waals surface area (Å²) in [6.07, 6.45) is 2.94. The topological polar surface area (TPSA) is 41.3 Å². The Kier molecular flexibility index (Phi) is 4.69. The fraction of sp³-hybridized carbons (Fsp3) is 0.800. The summed E-state index contributed by atoms with van der Waals surface area (Å²) < 4.78 is 6.02. The maximum Gasteiger partial charge on any atom is 0.297 e. The molecule has 0 amide bonds. The van der Waals surface area contributed by atoms with Gasteiger partial charge < -0.3 is 14.6 Å². The molecule has 0 saturated carbocycles. The van der Waals surface area contributed by atoms with Gasteiger partial charge in [0.15, 0.2) is 0 Å². The summed E-state index contributed by atoms with van der Waals surface area (Å²) in [4.78, 5) is 6.88. The zero-order valence-electron chi connectivity index (χ0n) is 13.3. The van der Waals surface area contributed by atoms with Crippen LogP contribution in [0.25, 0.3) is 0 Å². The van der Waals surface area contributed by atoms with Crippen LogP contribution in [0, 0.1) is 0 Å². The second-order valence-electron chi connectivity index (χ2n) is 7.07. The Bertz CT molecular complexity index is 437. The van der Waals surface area contributed by atoms with Gasteiger partial charge in [-0.3, -0.25) is 0 Å². The van der Waals surface area contributed by atoms with Crippen LogP contribution in [-0.2, 0) is 6.54 Å². The van der Waals surface area contributed by atoms with Crippen molar-refractivity contribution in [2.75, 3.05) is 23.7 Å². The number of oxazole rings is 1. The summed E-state index contributed by atoms with van der Waals surface area (Å²) in [5.74, 6) is 1.13. The van der Waals surface area contributed by atoms with Crippen molar-refractivity contribution in [1.82, 2.24) is 10.3 Å². The normalized spacial score (nSPS) is 19.9. The maximum atomic E-state index is 5.66.